The van der Waals surface area contributed by atoms with Gasteiger partial charge < -0.3 is 15.8 Å². The van der Waals surface area contributed by atoms with E-state index in [1.54, 1.807) is 17.5 Å². The van der Waals surface area contributed by atoms with E-state index < -0.39 is 5.97 Å². The second-order valence-electron chi connectivity index (χ2n) is 4.31. The van der Waals surface area contributed by atoms with Gasteiger partial charge >= 0.3 is 5.97 Å². The molecule has 2 heterocycles. The summed E-state index contributed by atoms with van der Waals surface area (Å²) in [7, 11) is 1.30. The van der Waals surface area contributed by atoms with Crippen molar-refractivity contribution >= 4 is 28.9 Å². The van der Waals surface area contributed by atoms with E-state index in [9.17, 15) is 9.59 Å². The fraction of sp³-hybridized carbons (Fsp3) is 0.214. The number of hydrogen-bond acceptors (Lipinski definition) is 6. The first-order valence-electron chi connectivity index (χ1n) is 6.19. The van der Waals surface area contributed by atoms with Gasteiger partial charge in [-0.2, -0.15) is 0 Å². The van der Waals surface area contributed by atoms with Crippen molar-refractivity contribution in [3.8, 4) is 0 Å². The third-order valence-corrected chi connectivity index (χ3v) is 3.95. The van der Waals surface area contributed by atoms with Crippen LogP contribution >= 0.6 is 11.3 Å². The van der Waals surface area contributed by atoms with Crippen molar-refractivity contribution in [2.24, 2.45) is 5.73 Å². The molecule has 0 radical (unpaired) electrons. The molecule has 0 atom stereocenters. The molecule has 2 rings (SSSR count). The predicted molar refractivity (Wildman–Crippen MR) is 80.5 cm³/mol. The van der Waals surface area contributed by atoms with E-state index in [1.807, 2.05) is 6.92 Å². The number of methoxy groups -OCH3 is 1. The molecule has 0 bridgehead atoms. The van der Waals surface area contributed by atoms with E-state index in [0.717, 1.165) is 5.56 Å². The molecule has 3 N–H and O–H groups in total. The monoisotopic (exact) mass is 305 g/mol. The Morgan fingerprint density at radius 3 is 2.90 bits per heavy atom. The van der Waals surface area contributed by atoms with Gasteiger partial charge in [-0.3, -0.25) is 9.78 Å². The van der Waals surface area contributed by atoms with Gasteiger partial charge in [0.1, 0.15) is 4.88 Å². The minimum absolute atomic E-state index is 0.256. The number of thiophene rings is 1. The molecule has 2 aromatic rings. The first-order chi connectivity index (χ1) is 10.1. The largest absolute Gasteiger partial charge is 0.465 e. The van der Waals surface area contributed by atoms with Gasteiger partial charge in [0.25, 0.3) is 5.91 Å². The zero-order valence-corrected chi connectivity index (χ0v) is 12.5. The number of amides is 1. The lowest BCUT2D eigenvalue weighted by Crippen LogP contribution is -2.15. The number of nitrogens with one attached hydrogen (secondary N) is 1. The molecule has 0 spiro atoms. The second kappa shape index (κ2) is 6.47. The number of hydrogen-bond donors (Lipinski definition) is 2. The normalized spacial score (nSPS) is 10.2. The quantitative estimate of drug-likeness (QED) is 0.842. The third-order valence-electron chi connectivity index (χ3n) is 2.87. The summed E-state index contributed by atoms with van der Waals surface area (Å²) in [4.78, 5) is 28.4. The average Bonchev–Trinajstić information content (AvgIpc) is 2.87. The minimum Gasteiger partial charge on any atom is -0.465 e. The lowest BCUT2D eigenvalue weighted by molar-refractivity contribution is 0.0607. The molecule has 0 aromatic carbocycles. The Morgan fingerprint density at radius 2 is 2.24 bits per heavy atom. The summed E-state index contributed by atoms with van der Waals surface area (Å²) in [5.41, 5.74) is 7.85. The number of carbonyl (C=O) groups is 2. The van der Waals surface area contributed by atoms with Gasteiger partial charge in [-0.25, -0.2) is 4.79 Å². The van der Waals surface area contributed by atoms with Crippen LogP contribution in [0.4, 0.5) is 5.69 Å². The maximum atomic E-state index is 12.3. The number of ether oxygens (including phenoxy) is 1. The predicted octanol–water partition coefficient (Wildman–Crippen LogP) is 1.95. The van der Waals surface area contributed by atoms with Crippen LogP contribution in [0.3, 0.4) is 0 Å². The van der Waals surface area contributed by atoms with E-state index in [0.29, 0.717) is 21.8 Å². The molecule has 0 fully saturated rings. The van der Waals surface area contributed by atoms with Gasteiger partial charge in [-0.15, -0.1) is 11.3 Å². The fourth-order valence-electron chi connectivity index (χ4n) is 1.76. The Morgan fingerprint density at radius 1 is 1.48 bits per heavy atom. The van der Waals surface area contributed by atoms with Crippen LogP contribution in [0.5, 0.6) is 0 Å². The molecular formula is C14H15N3O3S. The van der Waals surface area contributed by atoms with Gasteiger partial charge in [0, 0.05) is 18.3 Å². The lowest BCUT2D eigenvalue weighted by Gasteiger charge is -2.08. The molecule has 1 amide bonds. The maximum Gasteiger partial charge on any atom is 0.350 e. The zero-order chi connectivity index (χ0) is 15.4. The molecule has 6 nitrogen and oxygen atoms in total. The summed E-state index contributed by atoms with van der Waals surface area (Å²) in [6.45, 7) is 2.07. The van der Waals surface area contributed by atoms with Crippen LogP contribution in [0.25, 0.3) is 0 Å². The number of aryl methyl sites for hydroxylation is 1. The van der Waals surface area contributed by atoms with Crippen LogP contribution in [-0.4, -0.2) is 24.0 Å². The van der Waals surface area contributed by atoms with Crippen LogP contribution < -0.4 is 11.1 Å². The van der Waals surface area contributed by atoms with Crippen LogP contribution in [0, 0.1) is 6.92 Å². The van der Waals surface area contributed by atoms with E-state index >= 15 is 0 Å². The Labute approximate surface area is 125 Å². The van der Waals surface area contributed by atoms with Crippen molar-refractivity contribution in [3.63, 3.8) is 0 Å². The molecule has 0 saturated carbocycles. The third kappa shape index (κ3) is 3.26. The first-order valence-corrected chi connectivity index (χ1v) is 7.07. The van der Waals surface area contributed by atoms with E-state index in [4.69, 9.17) is 10.5 Å². The van der Waals surface area contributed by atoms with Gasteiger partial charge in [-0.1, -0.05) is 0 Å². The standard InChI is InChI=1S/C14H15N3O3S/c1-8-7-21-12(14(19)20-2)11(8)17-13(18)9-3-4-16-10(5-9)6-15/h3-5,7H,6,15H2,1-2H3,(H,17,18). The highest BCUT2D eigenvalue weighted by Crippen LogP contribution is 2.28. The molecule has 21 heavy (non-hydrogen) atoms. The number of esters is 1. The van der Waals surface area contributed by atoms with Crippen LogP contribution in [0.1, 0.15) is 31.3 Å². The number of nitrogens with two attached hydrogens (primary N) is 1. The molecule has 0 aliphatic carbocycles. The van der Waals surface area contributed by atoms with Gasteiger partial charge in [0.15, 0.2) is 0 Å². The second-order valence-corrected chi connectivity index (χ2v) is 5.19. The van der Waals surface area contributed by atoms with E-state index in [1.165, 1.54) is 24.6 Å². The summed E-state index contributed by atoms with van der Waals surface area (Å²) in [5.74, 6) is -0.792. The minimum atomic E-state index is -0.472. The Balaban J connectivity index is 2.27. The van der Waals surface area contributed by atoms with Gasteiger partial charge in [0.05, 0.1) is 18.5 Å². The van der Waals surface area contributed by atoms with Crippen molar-refractivity contribution in [2.45, 2.75) is 13.5 Å². The summed E-state index contributed by atoms with van der Waals surface area (Å²) in [6, 6.07) is 3.21. The number of rotatable bonds is 4. The Hall–Kier alpha value is -2.25. The highest BCUT2D eigenvalue weighted by atomic mass is 32.1. The van der Waals surface area contributed by atoms with Gasteiger partial charge in [0.2, 0.25) is 0 Å². The number of aromatic nitrogens is 1. The molecule has 0 aliphatic rings. The number of carbonyl (C=O) groups excluding carboxylic acids is 2. The molecule has 0 aliphatic heterocycles. The number of pyridine rings is 1. The average molecular weight is 305 g/mol. The topological polar surface area (TPSA) is 94.3 Å². The highest BCUT2D eigenvalue weighted by Gasteiger charge is 2.19. The van der Waals surface area contributed by atoms with Crippen molar-refractivity contribution in [3.05, 3.63) is 45.4 Å². The first kappa shape index (κ1) is 15.1. The molecule has 0 unspecified atom stereocenters. The number of nitrogens with zero attached hydrogens (tertiary/aromatic N) is 1. The molecule has 110 valence electrons. The summed E-state index contributed by atoms with van der Waals surface area (Å²) in [5, 5.41) is 4.54. The summed E-state index contributed by atoms with van der Waals surface area (Å²) < 4.78 is 4.71. The van der Waals surface area contributed by atoms with E-state index in [2.05, 4.69) is 10.3 Å². The lowest BCUT2D eigenvalue weighted by atomic mass is 10.2. The molecule has 2 aromatic heterocycles. The SMILES string of the molecule is COC(=O)c1scc(C)c1NC(=O)c1ccnc(CN)c1. The molecular weight excluding hydrogens is 290 g/mol. The number of anilines is 1. The zero-order valence-electron chi connectivity index (χ0n) is 11.7. The summed E-state index contributed by atoms with van der Waals surface area (Å²) in [6.07, 6.45) is 1.53. The highest BCUT2D eigenvalue weighted by molar-refractivity contribution is 7.12. The van der Waals surface area contributed by atoms with E-state index in [-0.39, 0.29) is 12.5 Å². The maximum absolute atomic E-state index is 12.3. The van der Waals surface area contributed by atoms with Crippen molar-refractivity contribution in [2.75, 3.05) is 12.4 Å². The Bertz CT molecular complexity index is 682. The van der Waals surface area contributed by atoms with Crippen molar-refractivity contribution in [1.29, 1.82) is 0 Å². The van der Waals surface area contributed by atoms with Crippen molar-refractivity contribution < 1.29 is 14.3 Å². The fourth-order valence-corrected chi connectivity index (χ4v) is 2.68. The smallest absolute Gasteiger partial charge is 0.350 e. The summed E-state index contributed by atoms with van der Waals surface area (Å²) >= 11 is 1.23. The van der Waals surface area contributed by atoms with Crippen molar-refractivity contribution in [1.82, 2.24) is 4.98 Å². The Kier molecular flexibility index (Phi) is 4.66. The molecule has 7 heteroatoms. The van der Waals surface area contributed by atoms with Crippen LogP contribution in [0.15, 0.2) is 23.7 Å². The van der Waals surface area contributed by atoms with Crippen LogP contribution in [-0.2, 0) is 11.3 Å². The van der Waals surface area contributed by atoms with Gasteiger partial charge in [-0.05, 0) is 30.0 Å². The van der Waals surface area contributed by atoms with Crippen LogP contribution in [0.2, 0.25) is 0 Å². The molecule has 0 saturated heterocycles.